The highest BCUT2D eigenvalue weighted by Gasteiger charge is 2.06. The molecular formula is C20H22BrN5OS. The van der Waals surface area contributed by atoms with Gasteiger partial charge in [0.15, 0.2) is 0 Å². The van der Waals surface area contributed by atoms with Crippen molar-refractivity contribution >= 4 is 33.6 Å². The van der Waals surface area contributed by atoms with Gasteiger partial charge in [0, 0.05) is 58.8 Å². The number of aromatic amines is 1. The molecule has 8 heteroatoms. The molecule has 0 spiro atoms. The maximum absolute atomic E-state index is 12.3. The lowest BCUT2D eigenvalue weighted by atomic mass is 10.1. The zero-order valence-electron chi connectivity index (χ0n) is 15.8. The van der Waals surface area contributed by atoms with Gasteiger partial charge >= 0.3 is 0 Å². The first-order valence-electron chi connectivity index (χ1n) is 8.94. The van der Waals surface area contributed by atoms with Gasteiger partial charge in [-0.1, -0.05) is 6.07 Å². The van der Waals surface area contributed by atoms with Crippen LogP contribution in [0, 0.1) is 13.8 Å². The molecule has 0 atom stereocenters. The number of H-pyrrole nitrogens is 1. The van der Waals surface area contributed by atoms with E-state index in [2.05, 4.69) is 47.2 Å². The first-order valence-corrected chi connectivity index (χ1v) is 10.9. The Hall–Kier alpha value is -2.19. The number of nitrogens with zero attached hydrogens (tertiary/aromatic N) is 3. The van der Waals surface area contributed by atoms with E-state index in [0.717, 1.165) is 38.5 Å². The fourth-order valence-corrected chi connectivity index (χ4v) is 3.98. The van der Waals surface area contributed by atoms with Gasteiger partial charge in [-0.15, -0.1) is 0 Å². The Bertz CT molecular complexity index is 1010. The number of nitrogens with one attached hydrogen (secondary N) is 2. The first kappa shape index (κ1) is 20.5. The van der Waals surface area contributed by atoms with Crippen LogP contribution in [0.5, 0.6) is 0 Å². The molecular weight excluding hydrogens is 438 g/mol. The molecule has 0 bridgehead atoms. The standard InChI is InChI=1S/C20H22BrN5OS/c1-13-8-15(10-24-14(13)2)9-16-11-25-20(26-19(16)27)23-6-7-28-12-18-17(21)4-3-5-22-18/h3-5,8,10-11H,6-7,9,12H2,1-2H3,(H2,23,25,26,27). The molecule has 0 aliphatic carbocycles. The summed E-state index contributed by atoms with van der Waals surface area (Å²) in [5.41, 5.74) is 4.67. The van der Waals surface area contributed by atoms with Gasteiger partial charge in [0.1, 0.15) is 0 Å². The predicted octanol–water partition coefficient (Wildman–Crippen LogP) is 3.88. The summed E-state index contributed by atoms with van der Waals surface area (Å²) in [5.74, 6) is 2.20. The van der Waals surface area contributed by atoms with Crippen molar-refractivity contribution in [2.24, 2.45) is 0 Å². The molecule has 0 amide bonds. The molecule has 6 nitrogen and oxygen atoms in total. The number of hydrogen-bond donors (Lipinski definition) is 2. The van der Waals surface area contributed by atoms with Crippen LogP contribution < -0.4 is 10.9 Å². The molecule has 3 rings (SSSR count). The minimum Gasteiger partial charge on any atom is -0.355 e. The number of aromatic nitrogens is 4. The number of rotatable bonds is 8. The Labute approximate surface area is 176 Å². The SMILES string of the molecule is Cc1cc(Cc2cnc(NCCSCc3ncccc3Br)[nH]c2=O)cnc1C. The van der Waals surface area contributed by atoms with Crippen molar-refractivity contribution in [2.75, 3.05) is 17.6 Å². The lowest BCUT2D eigenvalue weighted by Gasteiger charge is -2.07. The summed E-state index contributed by atoms with van der Waals surface area (Å²) in [5, 5.41) is 3.16. The predicted molar refractivity (Wildman–Crippen MR) is 118 cm³/mol. The third kappa shape index (κ3) is 5.65. The smallest absolute Gasteiger partial charge is 0.255 e. The minimum absolute atomic E-state index is 0.124. The average Bonchev–Trinajstić information content (AvgIpc) is 2.68. The van der Waals surface area contributed by atoms with E-state index in [0.29, 0.717) is 24.5 Å². The second-order valence-electron chi connectivity index (χ2n) is 6.42. The van der Waals surface area contributed by atoms with Crippen LogP contribution in [-0.2, 0) is 12.2 Å². The monoisotopic (exact) mass is 459 g/mol. The van der Waals surface area contributed by atoms with E-state index in [1.165, 1.54) is 0 Å². The first-order chi connectivity index (χ1) is 13.5. The molecule has 3 heterocycles. The number of thioether (sulfide) groups is 1. The van der Waals surface area contributed by atoms with Gasteiger partial charge < -0.3 is 5.32 Å². The van der Waals surface area contributed by atoms with Crippen LogP contribution >= 0.6 is 27.7 Å². The van der Waals surface area contributed by atoms with Gasteiger partial charge in [0.25, 0.3) is 5.56 Å². The van der Waals surface area contributed by atoms with E-state index in [1.54, 1.807) is 24.2 Å². The molecule has 0 saturated heterocycles. The Balaban J connectivity index is 1.49. The van der Waals surface area contributed by atoms with Crippen molar-refractivity contribution < 1.29 is 0 Å². The second kappa shape index (κ2) is 9.84. The molecule has 2 N–H and O–H groups in total. The van der Waals surface area contributed by atoms with Gasteiger partial charge in [-0.3, -0.25) is 19.7 Å². The van der Waals surface area contributed by atoms with Crippen LogP contribution in [0.1, 0.15) is 28.1 Å². The Morgan fingerprint density at radius 2 is 2.07 bits per heavy atom. The number of anilines is 1. The number of halogens is 1. The second-order valence-corrected chi connectivity index (χ2v) is 8.38. The maximum Gasteiger partial charge on any atom is 0.255 e. The van der Waals surface area contributed by atoms with Crippen LogP contribution in [-0.4, -0.2) is 32.2 Å². The summed E-state index contributed by atoms with van der Waals surface area (Å²) in [6.45, 7) is 4.70. The summed E-state index contributed by atoms with van der Waals surface area (Å²) in [6, 6.07) is 5.96. The highest BCUT2D eigenvalue weighted by molar-refractivity contribution is 9.10. The summed E-state index contributed by atoms with van der Waals surface area (Å²) in [7, 11) is 0. The normalized spacial score (nSPS) is 10.8. The summed E-state index contributed by atoms with van der Waals surface area (Å²) < 4.78 is 1.02. The Morgan fingerprint density at radius 3 is 2.82 bits per heavy atom. The largest absolute Gasteiger partial charge is 0.355 e. The molecule has 146 valence electrons. The molecule has 3 aromatic rings. The molecule has 0 aromatic carbocycles. The lowest BCUT2D eigenvalue weighted by Crippen LogP contribution is -2.18. The third-order valence-electron chi connectivity index (χ3n) is 4.28. The van der Waals surface area contributed by atoms with Crippen molar-refractivity contribution in [3.05, 3.63) is 79.7 Å². The molecule has 28 heavy (non-hydrogen) atoms. The van der Waals surface area contributed by atoms with Crippen LogP contribution in [0.15, 0.2) is 46.1 Å². The number of hydrogen-bond acceptors (Lipinski definition) is 6. The van der Waals surface area contributed by atoms with Crippen LogP contribution in [0.3, 0.4) is 0 Å². The van der Waals surface area contributed by atoms with Crippen LogP contribution in [0.4, 0.5) is 5.95 Å². The highest BCUT2D eigenvalue weighted by atomic mass is 79.9. The molecule has 3 aromatic heterocycles. The van der Waals surface area contributed by atoms with Crippen molar-refractivity contribution in [1.29, 1.82) is 0 Å². The molecule has 0 fully saturated rings. The van der Waals surface area contributed by atoms with Crippen LogP contribution in [0.2, 0.25) is 0 Å². The lowest BCUT2D eigenvalue weighted by molar-refractivity contribution is 0.994. The van der Waals surface area contributed by atoms with E-state index >= 15 is 0 Å². The van der Waals surface area contributed by atoms with Crippen LogP contribution in [0.25, 0.3) is 0 Å². The summed E-state index contributed by atoms with van der Waals surface area (Å²) >= 11 is 5.27. The van der Waals surface area contributed by atoms with Gasteiger partial charge in [-0.2, -0.15) is 11.8 Å². The zero-order valence-corrected chi connectivity index (χ0v) is 18.2. The van der Waals surface area contributed by atoms with E-state index in [9.17, 15) is 4.79 Å². The fourth-order valence-electron chi connectivity index (χ4n) is 2.59. The zero-order chi connectivity index (χ0) is 19.9. The number of pyridine rings is 2. The van der Waals surface area contributed by atoms with Gasteiger partial charge in [-0.05, 0) is 53.0 Å². The van der Waals surface area contributed by atoms with E-state index in [4.69, 9.17) is 0 Å². The Kier molecular flexibility index (Phi) is 7.22. The van der Waals surface area contributed by atoms with Gasteiger partial charge in [-0.25, -0.2) is 4.98 Å². The van der Waals surface area contributed by atoms with Crippen molar-refractivity contribution in [3.8, 4) is 0 Å². The van der Waals surface area contributed by atoms with E-state index in [1.807, 2.05) is 32.2 Å². The quantitative estimate of drug-likeness (QED) is 0.497. The molecule has 0 aliphatic heterocycles. The summed E-state index contributed by atoms with van der Waals surface area (Å²) in [6.07, 6.45) is 5.76. The summed E-state index contributed by atoms with van der Waals surface area (Å²) in [4.78, 5) is 28.2. The molecule has 0 aliphatic rings. The van der Waals surface area contributed by atoms with E-state index in [-0.39, 0.29) is 5.56 Å². The average molecular weight is 460 g/mol. The molecule has 0 radical (unpaired) electrons. The maximum atomic E-state index is 12.3. The third-order valence-corrected chi connectivity index (χ3v) is 5.97. The molecule has 0 saturated carbocycles. The van der Waals surface area contributed by atoms with Crippen molar-refractivity contribution in [2.45, 2.75) is 26.0 Å². The number of aryl methyl sites for hydroxylation is 2. The topological polar surface area (TPSA) is 83.6 Å². The van der Waals surface area contributed by atoms with Gasteiger partial charge in [0.2, 0.25) is 5.95 Å². The minimum atomic E-state index is -0.124. The highest BCUT2D eigenvalue weighted by Crippen LogP contribution is 2.18. The Morgan fingerprint density at radius 1 is 1.21 bits per heavy atom. The molecule has 0 unspecified atom stereocenters. The van der Waals surface area contributed by atoms with E-state index < -0.39 is 0 Å². The van der Waals surface area contributed by atoms with Crippen molar-refractivity contribution in [1.82, 2.24) is 19.9 Å². The van der Waals surface area contributed by atoms with Crippen molar-refractivity contribution in [3.63, 3.8) is 0 Å². The van der Waals surface area contributed by atoms with Gasteiger partial charge in [0.05, 0.1) is 5.69 Å². The fraction of sp³-hybridized carbons (Fsp3) is 0.300.